The smallest absolute Gasteiger partial charge is 0.116 e. The van der Waals surface area contributed by atoms with E-state index in [1.165, 1.54) is 0 Å². The molecule has 0 radical (unpaired) electrons. The van der Waals surface area contributed by atoms with Crippen molar-refractivity contribution >= 4 is 10.8 Å². The molecule has 3 rings (SSSR count). The van der Waals surface area contributed by atoms with Gasteiger partial charge in [-0.2, -0.15) is 0 Å². The van der Waals surface area contributed by atoms with Crippen LogP contribution < -0.4 is 0 Å². The van der Waals surface area contributed by atoms with Gasteiger partial charge in [-0.25, -0.2) is 4.98 Å². The number of nitrogens with zero attached hydrogens (tertiary/aromatic N) is 2. The summed E-state index contributed by atoms with van der Waals surface area (Å²) in [6.07, 6.45) is 1.89. The first-order valence-electron chi connectivity index (χ1n) is 5.86. The Morgan fingerprint density at radius 1 is 1.06 bits per heavy atom. The third-order valence-electron chi connectivity index (χ3n) is 3.34. The van der Waals surface area contributed by atoms with Gasteiger partial charge in [-0.3, -0.25) is 0 Å². The van der Waals surface area contributed by atoms with Gasteiger partial charge in [0.2, 0.25) is 0 Å². The van der Waals surface area contributed by atoms with E-state index in [9.17, 15) is 5.11 Å². The highest BCUT2D eigenvalue weighted by atomic mass is 16.3. The Bertz CT molecular complexity index is 728. The van der Waals surface area contributed by atoms with E-state index in [0.29, 0.717) is 5.75 Å². The van der Waals surface area contributed by atoms with E-state index in [4.69, 9.17) is 0 Å². The van der Waals surface area contributed by atoms with E-state index in [1.807, 2.05) is 32.3 Å². The number of phenols is 1. The lowest BCUT2D eigenvalue weighted by Crippen LogP contribution is -1.94. The van der Waals surface area contributed by atoms with E-state index in [0.717, 1.165) is 27.9 Å². The van der Waals surface area contributed by atoms with Crippen LogP contribution in [-0.4, -0.2) is 14.7 Å². The van der Waals surface area contributed by atoms with Crippen LogP contribution in [0.4, 0.5) is 0 Å². The highest BCUT2D eigenvalue weighted by Gasteiger charge is 2.06. The maximum absolute atomic E-state index is 9.45. The number of aromatic hydroxyl groups is 1. The second-order valence-corrected chi connectivity index (χ2v) is 4.50. The van der Waals surface area contributed by atoms with E-state index in [2.05, 4.69) is 21.7 Å². The summed E-state index contributed by atoms with van der Waals surface area (Å²) < 4.78 is 2.07. The lowest BCUT2D eigenvalue weighted by atomic mass is 10.1. The lowest BCUT2D eigenvalue weighted by molar-refractivity contribution is 0.476. The maximum Gasteiger partial charge on any atom is 0.116 e. The average molecular weight is 238 g/mol. The van der Waals surface area contributed by atoms with Gasteiger partial charge in [-0.05, 0) is 35.9 Å². The molecule has 3 heteroatoms. The number of phenolic OH excluding ortho intramolecular Hbond substituents is 1. The molecule has 0 unspecified atom stereocenters. The molecule has 18 heavy (non-hydrogen) atoms. The summed E-state index contributed by atoms with van der Waals surface area (Å²) in [7, 11) is 2.01. The molecule has 90 valence electrons. The summed E-state index contributed by atoms with van der Waals surface area (Å²) in [5.74, 6) is 1.29. The summed E-state index contributed by atoms with van der Waals surface area (Å²) in [6, 6.07) is 11.6. The molecule has 0 atom stereocenters. The molecular formula is C15H14N2O. The van der Waals surface area contributed by atoms with Crippen molar-refractivity contribution in [2.45, 2.75) is 6.92 Å². The number of hydrogen-bond acceptors (Lipinski definition) is 2. The number of benzene rings is 2. The Morgan fingerprint density at radius 3 is 2.50 bits per heavy atom. The Balaban J connectivity index is 2.19. The largest absolute Gasteiger partial charge is 0.508 e. The van der Waals surface area contributed by atoms with Gasteiger partial charge in [0.25, 0.3) is 0 Å². The van der Waals surface area contributed by atoms with Crippen LogP contribution >= 0.6 is 0 Å². The molecule has 1 N–H and O–H groups in total. The van der Waals surface area contributed by atoms with Crippen LogP contribution in [0.2, 0.25) is 0 Å². The molecular weight excluding hydrogens is 224 g/mol. The first-order chi connectivity index (χ1) is 8.65. The van der Waals surface area contributed by atoms with Gasteiger partial charge in [0.05, 0.1) is 11.9 Å². The normalized spacial score (nSPS) is 11.0. The molecule has 0 aliphatic rings. The van der Waals surface area contributed by atoms with E-state index < -0.39 is 0 Å². The van der Waals surface area contributed by atoms with Crippen LogP contribution in [-0.2, 0) is 7.05 Å². The van der Waals surface area contributed by atoms with E-state index in [1.54, 1.807) is 12.1 Å². The van der Waals surface area contributed by atoms with Crippen molar-refractivity contribution in [2.24, 2.45) is 7.05 Å². The van der Waals surface area contributed by atoms with Crippen molar-refractivity contribution in [3.8, 4) is 17.0 Å². The number of fused-ring (bicyclic) bond motifs is 1. The zero-order valence-corrected chi connectivity index (χ0v) is 10.4. The minimum atomic E-state index is 0.298. The van der Waals surface area contributed by atoms with Gasteiger partial charge in [0.1, 0.15) is 11.6 Å². The fraction of sp³-hybridized carbons (Fsp3) is 0.133. The minimum absolute atomic E-state index is 0.298. The Kier molecular flexibility index (Phi) is 2.33. The molecule has 0 aliphatic carbocycles. The molecule has 1 aromatic heterocycles. The SMILES string of the molecule is Cc1ncc(-c2ccc3cc(O)ccc3c2)n1C. The topological polar surface area (TPSA) is 38.1 Å². The quantitative estimate of drug-likeness (QED) is 0.706. The van der Waals surface area contributed by atoms with Crippen LogP contribution in [0, 0.1) is 6.92 Å². The zero-order chi connectivity index (χ0) is 12.7. The first-order valence-corrected chi connectivity index (χ1v) is 5.86. The van der Waals surface area contributed by atoms with Crippen molar-refractivity contribution < 1.29 is 5.11 Å². The van der Waals surface area contributed by atoms with Crippen LogP contribution in [0.15, 0.2) is 42.6 Å². The fourth-order valence-corrected chi connectivity index (χ4v) is 2.16. The molecule has 0 aliphatic heterocycles. The summed E-state index contributed by atoms with van der Waals surface area (Å²) in [5.41, 5.74) is 2.23. The van der Waals surface area contributed by atoms with Gasteiger partial charge in [-0.15, -0.1) is 0 Å². The molecule has 0 saturated heterocycles. The zero-order valence-electron chi connectivity index (χ0n) is 10.4. The maximum atomic E-state index is 9.45. The van der Waals surface area contributed by atoms with Crippen molar-refractivity contribution in [1.82, 2.24) is 9.55 Å². The molecule has 1 heterocycles. The highest BCUT2D eigenvalue weighted by Crippen LogP contribution is 2.26. The van der Waals surface area contributed by atoms with E-state index >= 15 is 0 Å². The van der Waals surface area contributed by atoms with Crippen LogP contribution in [0.5, 0.6) is 5.75 Å². The number of rotatable bonds is 1. The second kappa shape index (κ2) is 3.88. The molecule has 0 spiro atoms. The molecule has 2 aromatic carbocycles. The highest BCUT2D eigenvalue weighted by molar-refractivity contribution is 5.87. The van der Waals surface area contributed by atoms with Crippen LogP contribution in [0.3, 0.4) is 0 Å². The van der Waals surface area contributed by atoms with Crippen molar-refractivity contribution in [3.05, 3.63) is 48.4 Å². The van der Waals surface area contributed by atoms with Gasteiger partial charge in [-0.1, -0.05) is 18.2 Å². The predicted octanol–water partition coefficient (Wildman–Crippen LogP) is 3.25. The Morgan fingerprint density at radius 2 is 1.78 bits per heavy atom. The van der Waals surface area contributed by atoms with Crippen molar-refractivity contribution in [2.75, 3.05) is 0 Å². The standard InChI is InChI=1S/C15H14N2O/c1-10-16-9-15(17(10)2)13-4-3-12-8-14(18)6-5-11(12)7-13/h3-9,18H,1-2H3. The monoisotopic (exact) mass is 238 g/mol. The molecule has 0 saturated carbocycles. The number of aryl methyl sites for hydroxylation is 1. The van der Waals surface area contributed by atoms with Crippen molar-refractivity contribution in [3.63, 3.8) is 0 Å². The van der Waals surface area contributed by atoms with Crippen molar-refractivity contribution in [1.29, 1.82) is 0 Å². The number of aromatic nitrogens is 2. The van der Waals surface area contributed by atoms with Crippen LogP contribution in [0.25, 0.3) is 22.0 Å². The number of imidazole rings is 1. The summed E-state index contributed by atoms with van der Waals surface area (Å²) in [4.78, 5) is 4.31. The third kappa shape index (κ3) is 1.64. The number of hydrogen-bond donors (Lipinski definition) is 1. The summed E-state index contributed by atoms with van der Waals surface area (Å²) in [6.45, 7) is 1.99. The molecule has 3 aromatic rings. The first kappa shape index (κ1) is 10.8. The fourth-order valence-electron chi connectivity index (χ4n) is 2.16. The van der Waals surface area contributed by atoms with Gasteiger partial charge >= 0.3 is 0 Å². The molecule has 3 nitrogen and oxygen atoms in total. The van der Waals surface area contributed by atoms with Gasteiger partial charge in [0.15, 0.2) is 0 Å². The molecule has 0 fully saturated rings. The van der Waals surface area contributed by atoms with Gasteiger partial charge in [0, 0.05) is 12.6 Å². The second-order valence-electron chi connectivity index (χ2n) is 4.50. The lowest BCUT2D eigenvalue weighted by Gasteiger charge is -2.06. The Labute approximate surface area is 105 Å². The average Bonchev–Trinajstić information content (AvgIpc) is 2.69. The Hall–Kier alpha value is -2.29. The minimum Gasteiger partial charge on any atom is -0.508 e. The summed E-state index contributed by atoms with van der Waals surface area (Å²) in [5, 5.41) is 11.6. The summed E-state index contributed by atoms with van der Waals surface area (Å²) >= 11 is 0. The predicted molar refractivity (Wildman–Crippen MR) is 72.6 cm³/mol. The van der Waals surface area contributed by atoms with E-state index in [-0.39, 0.29) is 0 Å². The van der Waals surface area contributed by atoms with Gasteiger partial charge < -0.3 is 9.67 Å². The third-order valence-corrected chi connectivity index (χ3v) is 3.34. The molecule has 0 bridgehead atoms. The molecule has 0 amide bonds. The van der Waals surface area contributed by atoms with Crippen LogP contribution in [0.1, 0.15) is 5.82 Å².